The lowest BCUT2D eigenvalue weighted by Gasteiger charge is -2.16. The zero-order valence-electron chi connectivity index (χ0n) is 17.3. The summed E-state index contributed by atoms with van der Waals surface area (Å²) in [5.74, 6) is 1.04. The fraction of sp³-hybridized carbons (Fsp3) is 0.364. The minimum atomic E-state index is -0.420. The van der Waals surface area contributed by atoms with Crippen molar-refractivity contribution in [2.75, 3.05) is 19.8 Å². The molecule has 0 unspecified atom stereocenters. The lowest BCUT2D eigenvalue weighted by atomic mass is 10.1. The molecule has 156 valence electrons. The second-order valence-electron chi connectivity index (χ2n) is 5.97. The molecule has 1 amide bonds. The van der Waals surface area contributed by atoms with Gasteiger partial charge in [0.15, 0.2) is 11.5 Å². The van der Waals surface area contributed by atoms with Gasteiger partial charge < -0.3 is 19.3 Å². The predicted octanol–water partition coefficient (Wildman–Crippen LogP) is 4.13. The van der Waals surface area contributed by atoms with Gasteiger partial charge in [0.25, 0.3) is 5.91 Å². The number of carbonyl (C=O) groups is 1. The predicted molar refractivity (Wildman–Crippen MR) is 112 cm³/mol. The molecule has 0 atom stereocenters. The number of phenols is 1. The van der Waals surface area contributed by atoms with E-state index in [1.54, 1.807) is 36.4 Å². The first-order valence-electron chi connectivity index (χ1n) is 9.77. The number of nitrogens with one attached hydrogen (secondary N) is 1. The van der Waals surface area contributed by atoms with Gasteiger partial charge in [-0.2, -0.15) is 5.10 Å². The van der Waals surface area contributed by atoms with Crippen molar-refractivity contribution >= 4 is 11.6 Å². The molecule has 0 aliphatic rings. The van der Waals surface area contributed by atoms with Crippen LogP contribution in [0, 0.1) is 0 Å². The largest absolute Gasteiger partial charge is 0.507 e. The van der Waals surface area contributed by atoms with Gasteiger partial charge >= 0.3 is 0 Å². The molecule has 2 aromatic rings. The highest BCUT2D eigenvalue weighted by Crippen LogP contribution is 2.39. The molecule has 2 rings (SSSR count). The first-order valence-corrected chi connectivity index (χ1v) is 9.77. The summed E-state index contributed by atoms with van der Waals surface area (Å²) in [7, 11) is 0. The van der Waals surface area contributed by atoms with E-state index in [-0.39, 0.29) is 5.75 Å². The van der Waals surface area contributed by atoms with Gasteiger partial charge in [0, 0.05) is 11.1 Å². The maximum Gasteiger partial charge on any atom is 0.271 e. The summed E-state index contributed by atoms with van der Waals surface area (Å²) in [6.45, 7) is 8.75. The first kappa shape index (κ1) is 22.1. The maximum atomic E-state index is 12.7. The van der Waals surface area contributed by atoms with Crippen LogP contribution >= 0.6 is 0 Å². The van der Waals surface area contributed by atoms with Crippen molar-refractivity contribution in [3.63, 3.8) is 0 Å². The summed E-state index contributed by atoms with van der Waals surface area (Å²) in [6.07, 6.45) is 0.537. The number of carbonyl (C=O) groups excluding carboxylic acids is 1. The summed E-state index contributed by atoms with van der Waals surface area (Å²) in [6, 6.07) is 10.1. The number of ether oxygens (including phenoxy) is 3. The Morgan fingerprint density at radius 3 is 2.07 bits per heavy atom. The van der Waals surface area contributed by atoms with Gasteiger partial charge in [-0.3, -0.25) is 4.79 Å². The minimum absolute atomic E-state index is 0.112. The zero-order valence-corrected chi connectivity index (χ0v) is 17.3. The van der Waals surface area contributed by atoms with Crippen LogP contribution in [0.3, 0.4) is 0 Å². The number of rotatable bonds is 10. The lowest BCUT2D eigenvalue weighted by Crippen LogP contribution is -2.20. The summed E-state index contributed by atoms with van der Waals surface area (Å²) in [5.41, 5.74) is 4.03. The molecule has 7 heteroatoms. The molecule has 0 bridgehead atoms. The minimum Gasteiger partial charge on any atom is -0.507 e. The van der Waals surface area contributed by atoms with E-state index in [9.17, 15) is 9.90 Å². The molecule has 0 saturated heterocycles. The summed E-state index contributed by atoms with van der Waals surface area (Å²) >= 11 is 0. The van der Waals surface area contributed by atoms with Gasteiger partial charge in [0.05, 0.1) is 25.5 Å². The fourth-order valence-corrected chi connectivity index (χ4v) is 2.75. The summed E-state index contributed by atoms with van der Waals surface area (Å²) in [5, 5.41) is 14.2. The van der Waals surface area contributed by atoms with Crippen LogP contribution in [0.25, 0.3) is 0 Å². The van der Waals surface area contributed by atoms with Gasteiger partial charge in [-0.15, -0.1) is 0 Å². The number of nitrogens with zero attached hydrogens (tertiary/aromatic N) is 1. The van der Waals surface area contributed by atoms with Crippen LogP contribution < -0.4 is 19.6 Å². The van der Waals surface area contributed by atoms with E-state index >= 15 is 0 Å². The molecule has 0 aliphatic carbocycles. The van der Waals surface area contributed by atoms with E-state index < -0.39 is 5.91 Å². The monoisotopic (exact) mass is 400 g/mol. The van der Waals surface area contributed by atoms with Crippen LogP contribution in [0.5, 0.6) is 23.0 Å². The van der Waals surface area contributed by atoms with Crippen LogP contribution in [0.15, 0.2) is 41.5 Å². The number of benzene rings is 2. The van der Waals surface area contributed by atoms with Crippen molar-refractivity contribution in [3.05, 3.63) is 47.5 Å². The van der Waals surface area contributed by atoms with Crippen molar-refractivity contribution < 1.29 is 24.1 Å². The van der Waals surface area contributed by atoms with Crippen molar-refractivity contribution in [1.29, 1.82) is 0 Å². The average molecular weight is 400 g/mol. The smallest absolute Gasteiger partial charge is 0.271 e. The Morgan fingerprint density at radius 2 is 1.55 bits per heavy atom. The van der Waals surface area contributed by atoms with Crippen LogP contribution in [-0.2, 0) is 0 Å². The van der Waals surface area contributed by atoms with Crippen molar-refractivity contribution in [1.82, 2.24) is 5.43 Å². The SMILES string of the molecule is CCOc1cc(C(=O)N/N=C(\CC)c2ccccc2O)cc(OCC)c1OCC. The Morgan fingerprint density at radius 1 is 0.966 bits per heavy atom. The molecule has 0 heterocycles. The molecule has 2 N–H and O–H groups in total. The molecule has 0 saturated carbocycles. The third-order valence-electron chi connectivity index (χ3n) is 4.01. The number of hydrogen-bond donors (Lipinski definition) is 2. The normalized spacial score (nSPS) is 11.1. The van der Waals surface area contributed by atoms with Crippen LogP contribution in [0.2, 0.25) is 0 Å². The number of para-hydroxylation sites is 1. The average Bonchev–Trinajstić information content (AvgIpc) is 2.72. The molecule has 0 aromatic heterocycles. The van der Waals surface area contributed by atoms with Crippen molar-refractivity contribution in [2.45, 2.75) is 34.1 Å². The first-order chi connectivity index (χ1) is 14.0. The zero-order chi connectivity index (χ0) is 21.2. The van der Waals surface area contributed by atoms with E-state index in [4.69, 9.17) is 14.2 Å². The van der Waals surface area contributed by atoms with Crippen LogP contribution in [0.4, 0.5) is 0 Å². The number of hydrazone groups is 1. The number of amides is 1. The highest BCUT2D eigenvalue weighted by Gasteiger charge is 2.18. The molecule has 2 aromatic carbocycles. The Hall–Kier alpha value is -3.22. The molecule has 0 spiro atoms. The third-order valence-corrected chi connectivity index (χ3v) is 4.01. The Labute approximate surface area is 171 Å². The van der Waals surface area contributed by atoms with E-state index in [0.29, 0.717) is 60.3 Å². The van der Waals surface area contributed by atoms with Crippen molar-refractivity contribution in [3.8, 4) is 23.0 Å². The fourth-order valence-electron chi connectivity index (χ4n) is 2.75. The van der Waals surface area contributed by atoms with Crippen LogP contribution in [-0.4, -0.2) is 36.5 Å². The summed E-state index contributed by atoms with van der Waals surface area (Å²) < 4.78 is 16.9. The second-order valence-corrected chi connectivity index (χ2v) is 5.97. The van der Waals surface area contributed by atoms with Crippen LogP contribution in [0.1, 0.15) is 50.0 Å². The standard InChI is InChI=1S/C22H28N2O5/c1-5-17(16-11-9-10-12-18(16)25)23-24-22(26)15-13-19(27-6-2)21(29-8-4)20(14-15)28-7-3/h9-14,25H,5-8H2,1-4H3,(H,24,26)/b23-17+. The number of hydrogen-bond acceptors (Lipinski definition) is 6. The number of aromatic hydroxyl groups is 1. The Balaban J connectivity index is 2.35. The molecule has 0 aliphatic heterocycles. The van der Waals surface area contributed by atoms with E-state index in [1.807, 2.05) is 27.7 Å². The van der Waals surface area contributed by atoms with E-state index in [1.165, 1.54) is 0 Å². The summed E-state index contributed by atoms with van der Waals surface area (Å²) in [4.78, 5) is 12.7. The number of phenolic OH excluding ortho intramolecular Hbond substituents is 1. The Kier molecular flexibility index (Phi) is 8.33. The van der Waals surface area contributed by atoms with Gasteiger partial charge in [0.1, 0.15) is 5.75 Å². The van der Waals surface area contributed by atoms with E-state index in [0.717, 1.165) is 0 Å². The van der Waals surface area contributed by atoms with Gasteiger partial charge in [0.2, 0.25) is 5.75 Å². The molecule has 29 heavy (non-hydrogen) atoms. The molecule has 0 radical (unpaired) electrons. The quantitative estimate of drug-likeness (QED) is 0.462. The third kappa shape index (κ3) is 5.63. The topological polar surface area (TPSA) is 89.4 Å². The second kappa shape index (κ2) is 10.9. The maximum absolute atomic E-state index is 12.7. The van der Waals surface area contributed by atoms with Gasteiger partial charge in [-0.1, -0.05) is 19.1 Å². The Bertz CT molecular complexity index is 837. The van der Waals surface area contributed by atoms with Gasteiger partial charge in [-0.05, 0) is 51.5 Å². The van der Waals surface area contributed by atoms with Crippen molar-refractivity contribution in [2.24, 2.45) is 5.10 Å². The van der Waals surface area contributed by atoms with E-state index in [2.05, 4.69) is 10.5 Å². The molecular weight excluding hydrogens is 372 g/mol. The lowest BCUT2D eigenvalue weighted by molar-refractivity contribution is 0.0953. The molecular formula is C22H28N2O5. The highest BCUT2D eigenvalue weighted by molar-refractivity contribution is 6.04. The molecule has 0 fully saturated rings. The molecule has 7 nitrogen and oxygen atoms in total. The van der Waals surface area contributed by atoms with Gasteiger partial charge in [-0.25, -0.2) is 5.43 Å². The highest BCUT2D eigenvalue weighted by atomic mass is 16.5.